The van der Waals surface area contributed by atoms with Gasteiger partial charge in [0.05, 0.1) is 5.92 Å². The number of carboxylic acids is 1. The average Bonchev–Trinajstić information content (AvgIpc) is 3.04. The molecule has 24 heavy (non-hydrogen) atoms. The van der Waals surface area contributed by atoms with Gasteiger partial charge in [-0.3, -0.25) is 9.59 Å². The van der Waals surface area contributed by atoms with Crippen molar-refractivity contribution >= 4 is 33.8 Å². The summed E-state index contributed by atoms with van der Waals surface area (Å²) >= 11 is 3.32. The lowest BCUT2D eigenvalue weighted by molar-refractivity contribution is -0.141. The summed E-state index contributed by atoms with van der Waals surface area (Å²) in [4.78, 5) is 36.2. The predicted octanol–water partition coefficient (Wildman–Crippen LogP) is 1.69. The van der Waals surface area contributed by atoms with Crippen LogP contribution in [0.25, 0.3) is 0 Å². The zero-order chi connectivity index (χ0) is 17.5. The van der Waals surface area contributed by atoms with Crippen molar-refractivity contribution in [1.82, 2.24) is 15.5 Å². The molecule has 0 radical (unpaired) electrons. The van der Waals surface area contributed by atoms with Gasteiger partial charge in [0.15, 0.2) is 0 Å². The Morgan fingerprint density at radius 1 is 1.25 bits per heavy atom. The van der Waals surface area contributed by atoms with E-state index in [9.17, 15) is 14.4 Å². The molecule has 1 unspecified atom stereocenters. The molecule has 1 aromatic carbocycles. The molecule has 1 atom stereocenters. The number of aliphatic carboxylic acids is 1. The van der Waals surface area contributed by atoms with Crippen LogP contribution < -0.4 is 10.6 Å². The molecule has 1 aliphatic rings. The van der Waals surface area contributed by atoms with Crippen molar-refractivity contribution in [1.29, 1.82) is 0 Å². The van der Waals surface area contributed by atoms with Crippen LogP contribution in [0.3, 0.4) is 0 Å². The maximum Gasteiger partial charge on any atom is 0.317 e. The van der Waals surface area contributed by atoms with Crippen LogP contribution in [0.15, 0.2) is 28.7 Å². The molecule has 3 N–H and O–H groups in total. The zero-order valence-corrected chi connectivity index (χ0v) is 14.7. The van der Waals surface area contributed by atoms with Gasteiger partial charge in [0.25, 0.3) is 5.91 Å². The third kappa shape index (κ3) is 5.23. The van der Waals surface area contributed by atoms with Crippen LogP contribution in [0.5, 0.6) is 0 Å². The third-order valence-electron chi connectivity index (χ3n) is 3.83. The second-order valence-corrected chi connectivity index (χ2v) is 6.54. The fourth-order valence-electron chi connectivity index (χ4n) is 2.48. The van der Waals surface area contributed by atoms with Gasteiger partial charge in [-0.2, -0.15) is 0 Å². The lowest BCUT2D eigenvalue weighted by atomic mass is 10.1. The largest absolute Gasteiger partial charge is 0.481 e. The number of carbonyl (C=O) groups is 3. The number of rotatable bonds is 6. The van der Waals surface area contributed by atoms with Crippen LogP contribution >= 0.6 is 15.9 Å². The molecular formula is C16H20BrN3O4. The fraction of sp³-hybridized carbons (Fsp3) is 0.438. The van der Waals surface area contributed by atoms with Crippen molar-refractivity contribution < 1.29 is 19.5 Å². The van der Waals surface area contributed by atoms with Gasteiger partial charge in [0, 0.05) is 36.2 Å². The van der Waals surface area contributed by atoms with Crippen LogP contribution in [0.1, 0.15) is 23.2 Å². The highest BCUT2D eigenvalue weighted by Gasteiger charge is 2.30. The van der Waals surface area contributed by atoms with E-state index in [2.05, 4.69) is 26.6 Å². The summed E-state index contributed by atoms with van der Waals surface area (Å²) in [5.74, 6) is -1.49. The van der Waals surface area contributed by atoms with Gasteiger partial charge >= 0.3 is 12.0 Å². The number of halogens is 1. The van der Waals surface area contributed by atoms with Crippen LogP contribution in [0.2, 0.25) is 0 Å². The van der Waals surface area contributed by atoms with E-state index in [-0.39, 0.29) is 18.5 Å². The first-order chi connectivity index (χ1) is 11.5. The van der Waals surface area contributed by atoms with Crippen molar-refractivity contribution in [2.24, 2.45) is 5.92 Å². The fourth-order valence-corrected chi connectivity index (χ4v) is 2.87. The number of hydrogen-bond donors (Lipinski definition) is 3. The number of hydrogen-bond acceptors (Lipinski definition) is 3. The smallest absolute Gasteiger partial charge is 0.317 e. The minimum Gasteiger partial charge on any atom is -0.481 e. The molecule has 1 fully saturated rings. The van der Waals surface area contributed by atoms with Gasteiger partial charge in [0.2, 0.25) is 0 Å². The molecular weight excluding hydrogens is 378 g/mol. The van der Waals surface area contributed by atoms with Gasteiger partial charge < -0.3 is 20.6 Å². The molecule has 130 valence electrons. The molecule has 8 heteroatoms. The molecule has 2 rings (SSSR count). The summed E-state index contributed by atoms with van der Waals surface area (Å²) < 4.78 is 0.840. The maximum atomic E-state index is 11.9. The van der Waals surface area contributed by atoms with E-state index in [0.717, 1.165) is 4.47 Å². The van der Waals surface area contributed by atoms with Crippen molar-refractivity contribution in [3.63, 3.8) is 0 Å². The maximum absolute atomic E-state index is 11.9. The molecule has 0 aliphatic carbocycles. The Morgan fingerprint density at radius 2 is 2.00 bits per heavy atom. The van der Waals surface area contributed by atoms with Crippen LogP contribution in [0, 0.1) is 5.92 Å². The summed E-state index contributed by atoms with van der Waals surface area (Å²) in [6, 6.07) is 6.86. The zero-order valence-electron chi connectivity index (χ0n) is 13.1. The predicted molar refractivity (Wildman–Crippen MR) is 91.8 cm³/mol. The Hall–Kier alpha value is -2.09. The standard InChI is InChI=1S/C16H20BrN3O4/c17-13-4-1-3-11(9-13)14(21)18-6-2-7-19-16(24)20-8-5-12(10-20)15(22)23/h1,3-4,9,12H,2,5-8,10H2,(H,18,21)(H,19,24)(H,22,23). The second-order valence-electron chi connectivity index (χ2n) is 5.62. The minimum atomic E-state index is -0.861. The first kappa shape index (κ1) is 18.3. The summed E-state index contributed by atoms with van der Waals surface area (Å²) in [7, 11) is 0. The van der Waals surface area contributed by atoms with Crippen LogP contribution in [0.4, 0.5) is 4.79 Å². The highest BCUT2D eigenvalue weighted by atomic mass is 79.9. The molecule has 1 saturated heterocycles. The Kier molecular flexibility index (Phi) is 6.60. The number of carboxylic acid groups (broad SMARTS) is 1. The van der Waals surface area contributed by atoms with Gasteiger partial charge in [-0.15, -0.1) is 0 Å². The average molecular weight is 398 g/mol. The third-order valence-corrected chi connectivity index (χ3v) is 4.32. The molecule has 3 amide bonds. The van der Waals surface area contributed by atoms with E-state index < -0.39 is 11.9 Å². The Balaban J connectivity index is 1.62. The molecule has 0 spiro atoms. The monoisotopic (exact) mass is 397 g/mol. The molecule has 0 aromatic heterocycles. The van der Waals surface area contributed by atoms with E-state index >= 15 is 0 Å². The van der Waals surface area contributed by atoms with Crippen LogP contribution in [-0.4, -0.2) is 54.1 Å². The minimum absolute atomic E-state index is 0.161. The summed E-state index contributed by atoms with van der Waals surface area (Å²) in [5, 5.41) is 14.5. The topological polar surface area (TPSA) is 98.7 Å². The van der Waals surface area contributed by atoms with Crippen LogP contribution in [-0.2, 0) is 4.79 Å². The first-order valence-electron chi connectivity index (χ1n) is 7.76. The number of benzene rings is 1. The van der Waals surface area contributed by atoms with Gasteiger partial charge in [-0.05, 0) is 31.0 Å². The first-order valence-corrected chi connectivity index (χ1v) is 8.56. The van der Waals surface area contributed by atoms with Crippen molar-refractivity contribution in [3.05, 3.63) is 34.3 Å². The molecule has 1 aliphatic heterocycles. The highest BCUT2D eigenvalue weighted by Crippen LogP contribution is 2.16. The van der Waals surface area contributed by atoms with Gasteiger partial charge in [-0.25, -0.2) is 4.79 Å². The normalized spacial score (nSPS) is 16.7. The summed E-state index contributed by atoms with van der Waals surface area (Å²) in [5.41, 5.74) is 0.574. The van der Waals surface area contributed by atoms with E-state index in [1.54, 1.807) is 18.2 Å². The van der Waals surface area contributed by atoms with Gasteiger partial charge in [0.1, 0.15) is 0 Å². The van der Waals surface area contributed by atoms with E-state index in [1.807, 2.05) is 6.07 Å². The Morgan fingerprint density at radius 3 is 2.67 bits per heavy atom. The number of nitrogens with zero attached hydrogens (tertiary/aromatic N) is 1. The summed E-state index contributed by atoms with van der Waals surface area (Å²) in [6.07, 6.45) is 1.09. The van der Waals surface area contributed by atoms with Crippen molar-refractivity contribution in [3.8, 4) is 0 Å². The number of nitrogens with one attached hydrogen (secondary N) is 2. The molecule has 7 nitrogen and oxygen atoms in total. The Bertz CT molecular complexity index is 623. The number of amides is 3. The van der Waals surface area contributed by atoms with E-state index in [4.69, 9.17) is 5.11 Å². The summed E-state index contributed by atoms with van der Waals surface area (Å²) in [6.45, 7) is 1.58. The van der Waals surface area contributed by atoms with Crippen molar-refractivity contribution in [2.75, 3.05) is 26.2 Å². The van der Waals surface area contributed by atoms with E-state index in [1.165, 1.54) is 4.90 Å². The number of likely N-dealkylation sites (tertiary alicyclic amines) is 1. The SMILES string of the molecule is O=C(NCCCNC(=O)N1CCC(C(=O)O)C1)c1cccc(Br)c1. The second kappa shape index (κ2) is 8.68. The number of carbonyl (C=O) groups excluding carboxylic acids is 2. The van der Waals surface area contributed by atoms with Crippen molar-refractivity contribution in [2.45, 2.75) is 12.8 Å². The Labute approximate surface area is 148 Å². The molecule has 1 heterocycles. The lowest BCUT2D eigenvalue weighted by Gasteiger charge is -2.16. The quantitative estimate of drug-likeness (QED) is 0.635. The molecule has 0 saturated carbocycles. The lowest BCUT2D eigenvalue weighted by Crippen LogP contribution is -2.40. The molecule has 0 bridgehead atoms. The van der Waals surface area contributed by atoms with Gasteiger partial charge in [-0.1, -0.05) is 22.0 Å². The highest BCUT2D eigenvalue weighted by molar-refractivity contribution is 9.10. The van der Waals surface area contributed by atoms with E-state index in [0.29, 0.717) is 38.0 Å². The number of urea groups is 1. The molecule has 1 aromatic rings.